The molecule has 0 saturated carbocycles. The lowest BCUT2D eigenvalue weighted by Crippen LogP contribution is -2.11. The highest BCUT2D eigenvalue weighted by atomic mass is 16.3. The molecule has 0 aliphatic heterocycles. The Bertz CT molecular complexity index is 1090. The summed E-state index contributed by atoms with van der Waals surface area (Å²) in [5.74, 6) is 0.824. The molecule has 3 aromatic carbocycles. The van der Waals surface area contributed by atoms with Crippen LogP contribution in [-0.2, 0) is 12.8 Å². The third-order valence-corrected chi connectivity index (χ3v) is 5.03. The van der Waals surface area contributed by atoms with Crippen LogP contribution < -0.4 is 11.5 Å². The average Bonchev–Trinajstić information content (AvgIpc) is 3.07. The molecule has 6 heteroatoms. The maximum atomic E-state index is 9.65. The van der Waals surface area contributed by atoms with Gasteiger partial charge in [-0.15, -0.1) is 0 Å². The van der Waals surface area contributed by atoms with Gasteiger partial charge in [-0.05, 0) is 46.5 Å². The van der Waals surface area contributed by atoms with E-state index in [0.717, 1.165) is 22.3 Å². The van der Waals surface area contributed by atoms with Gasteiger partial charge in [0.1, 0.15) is 17.2 Å². The van der Waals surface area contributed by atoms with Gasteiger partial charge in [-0.3, -0.25) is 0 Å². The van der Waals surface area contributed by atoms with Crippen LogP contribution in [0.25, 0.3) is 0 Å². The van der Waals surface area contributed by atoms with Crippen molar-refractivity contribution >= 4 is 0 Å². The highest BCUT2D eigenvalue weighted by Gasteiger charge is 2.05. The van der Waals surface area contributed by atoms with Gasteiger partial charge < -0.3 is 31.9 Å². The normalized spacial score (nSPS) is 14.0. The molecule has 4 rings (SSSR count). The van der Waals surface area contributed by atoms with E-state index in [9.17, 15) is 20.4 Å². The van der Waals surface area contributed by atoms with Gasteiger partial charge in [0.25, 0.3) is 0 Å². The van der Waals surface area contributed by atoms with Gasteiger partial charge in [-0.25, -0.2) is 0 Å². The lowest BCUT2D eigenvalue weighted by atomic mass is 10.0. The summed E-state index contributed by atoms with van der Waals surface area (Å²) in [4.78, 5) is 0. The molecular weight excluding hydrogens is 440 g/mol. The van der Waals surface area contributed by atoms with Crippen LogP contribution in [0, 0.1) is 0 Å². The van der Waals surface area contributed by atoms with E-state index < -0.39 is 6.10 Å². The van der Waals surface area contributed by atoms with Crippen LogP contribution in [0.5, 0.6) is 17.2 Å². The van der Waals surface area contributed by atoms with Gasteiger partial charge >= 0.3 is 0 Å². The van der Waals surface area contributed by atoms with E-state index in [2.05, 4.69) is 0 Å². The van der Waals surface area contributed by atoms with Crippen molar-refractivity contribution < 1.29 is 20.4 Å². The first-order chi connectivity index (χ1) is 16.9. The Morgan fingerprint density at radius 3 is 1.46 bits per heavy atom. The SMILES string of the molecule is NCCN.Oc1ccccc1CC1=CC(O)C=CC=C1.Oc1ccccc1Cc1ccccc1O. The molecule has 0 saturated heterocycles. The Morgan fingerprint density at radius 2 is 1.03 bits per heavy atom. The number of benzene rings is 3. The third-order valence-electron chi connectivity index (χ3n) is 5.03. The number of phenols is 3. The molecule has 0 amide bonds. The van der Waals surface area contributed by atoms with E-state index >= 15 is 0 Å². The predicted molar refractivity (Wildman–Crippen MR) is 141 cm³/mol. The number of nitrogens with two attached hydrogens (primary N) is 2. The molecular formula is C29H34N2O4. The Hall–Kier alpha value is -3.84. The lowest BCUT2D eigenvalue weighted by Gasteiger charge is -2.06. The van der Waals surface area contributed by atoms with Crippen molar-refractivity contribution in [1.82, 2.24) is 0 Å². The minimum Gasteiger partial charge on any atom is -0.508 e. The van der Waals surface area contributed by atoms with E-state index in [-0.39, 0.29) is 11.5 Å². The number of allylic oxidation sites excluding steroid dienone is 4. The van der Waals surface area contributed by atoms with Gasteiger partial charge in [0.05, 0.1) is 6.10 Å². The van der Waals surface area contributed by atoms with Crippen LogP contribution >= 0.6 is 0 Å². The number of hydrogen-bond donors (Lipinski definition) is 6. The Morgan fingerprint density at radius 1 is 0.600 bits per heavy atom. The Labute approximate surface area is 206 Å². The molecule has 35 heavy (non-hydrogen) atoms. The van der Waals surface area contributed by atoms with Gasteiger partial charge in [0.15, 0.2) is 0 Å². The molecule has 1 unspecified atom stereocenters. The van der Waals surface area contributed by atoms with E-state index in [0.29, 0.717) is 31.7 Å². The van der Waals surface area contributed by atoms with E-state index in [1.165, 1.54) is 0 Å². The van der Waals surface area contributed by atoms with Crippen molar-refractivity contribution in [2.45, 2.75) is 18.9 Å². The Balaban J connectivity index is 0.000000215. The first-order valence-electron chi connectivity index (χ1n) is 11.4. The highest BCUT2D eigenvalue weighted by molar-refractivity contribution is 5.41. The highest BCUT2D eigenvalue weighted by Crippen LogP contribution is 2.24. The third kappa shape index (κ3) is 9.90. The standard InChI is InChI=1S/C14H14O2.C13H12O2.C2H8N2/c15-13-7-3-1-5-11(10-13)9-12-6-2-4-8-14(12)16;14-12-7-3-1-5-10(12)9-11-6-2-4-8-13(11)15;3-1-2-4/h1-8,10,13,15-16H,9H2;1-8,14-15H,9H2;1-4H2. The quantitative estimate of drug-likeness (QED) is 0.332. The molecule has 8 N–H and O–H groups in total. The molecule has 1 atom stereocenters. The second-order valence-corrected chi connectivity index (χ2v) is 7.79. The number of hydrogen-bond acceptors (Lipinski definition) is 6. The number of para-hydroxylation sites is 3. The minimum atomic E-state index is -0.546. The van der Waals surface area contributed by atoms with E-state index in [4.69, 9.17) is 11.5 Å². The maximum Gasteiger partial charge on any atom is 0.119 e. The molecule has 1 aliphatic rings. The molecule has 3 aromatic rings. The maximum absolute atomic E-state index is 9.65. The van der Waals surface area contributed by atoms with Crippen LogP contribution in [0.3, 0.4) is 0 Å². The van der Waals surface area contributed by atoms with Crippen molar-refractivity contribution in [3.63, 3.8) is 0 Å². The summed E-state index contributed by atoms with van der Waals surface area (Å²) < 4.78 is 0. The summed E-state index contributed by atoms with van der Waals surface area (Å²) in [6.07, 6.45) is 9.78. The molecule has 0 bridgehead atoms. The number of aliphatic hydroxyl groups excluding tert-OH is 1. The fourth-order valence-electron chi connectivity index (χ4n) is 3.21. The fourth-order valence-corrected chi connectivity index (χ4v) is 3.21. The van der Waals surface area contributed by atoms with Crippen LogP contribution in [0.4, 0.5) is 0 Å². The van der Waals surface area contributed by atoms with Crippen LogP contribution in [0.1, 0.15) is 16.7 Å². The zero-order chi connectivity index (χ0) is 25.5. The van der Waals surface area contributed by atoms with Crippen molar-refractivity contribution in [1.29, 1.82) is 0 Å². The number of aromatic hydroxyl groups is 3. The molecule has 1 aliphatic carbocycles. The summed E-state index contributed by atoms with van der Waals surface area (Å²) in [5, 5.41) is 38.4. The molecule has 0 spiro atoms. The van der Waals surface area contributed by atoms with Gasteiger partial charge in [-0.1, -0.05) is 78.9 Å². The zero-order valence-corrected chi connectivity index (χ0v) is 19.7. The number of phenolic OH excluding ortho intramolecular Hbond substituents is 3. The molecule has 184 valence electrons. The zero-order valence-electron chi connectivity index (χ0n) is 19.7. The van der Waals surface area contributed by atoms with Crippen LogP contribution in [0.2, 0.25) is 0 Å². The number of aliphatic hydroxyl groups is 1. The second-order valence-electron chi connectivity index (χ2n) is 7.79. The monoisotopic (exact) mass is 474 g/mol. The van der Waals surface area contributed by atoms with E-state index in [1.807, 2.05) is 54.6 Å². The molecule has 6 nitrogen and oxygen atoms in total. The smallest absolute Gasteiger partial charge is 0.119 e. The summed E-state index contributed by atoms with van der Waals surface area (Å²) in [6, 6.07) is 21.5. The largest absolute Gasteiger partial charge is 0.508 e. The van der Waals surface area contributed by atoms with Gasteiger partial charge in [0, 0.05) is 25.9 Å². The first-order valence-corrected chi connectivity index (χ1v) is 11.4. The molecule has 0 radical (unpaired) electrons. The summed E-state index contributed by atoms with van der Waals surface area (Å²) in [5.41, 5.74) is 13.3. The van der Waals surface area contributed by atoms with Crippen LogP contribution in [0.15, 0.2) is 109 Å². The van der Waals surface area contributed by atoms with E-state index in [1.54, 1.807) is 48.6 Å². The predicted octanol–water partition coefficient (Wildman–Crippen LogP) is 3.94. The number of rotatable bonds is 5. The summed E-state index contributed by atoms with van der Waals surface area (Å²) in [7, 11) is 0. The van der Waals surface area contributed by atoms with Crippen molar-refractivity contribution in [2.24, 2.45) is 11.5 Å². The lowest BCUT2D eigenvalue weighted by molar-refractivity contribution is 0.271. The average molecular weight is 475 g/mol. The molecule has 0 heterocycles. The van der Waals surface area contributed by atoms with Crippen molar-refractivity contribution in [2.75, 3.05) is 13.1 Å². The Kier molecular flexibility index (Phi) is 11.9. The second kappa shape index (κ2) is 15.1. The van der Waals surface area contributed by atoms with Crippen molar-refractivity contribution in [3.8, 4) is 17.2 Å². The van der Waals surface area contributed by atoms with Crippen molar-refractivity contribution in [3.05, 3.63) is 125 Å². The minimum absolute atomic E-state index is 0.265. The van der Waals surface area contributed by atoms with Gasteiger partial charge in [0.2, 0.25) is 0 Å². The molecule has 0 aromatic heterocycles. The fraction of sp³-hybridized carbons (Fsp3) is 0.172. The molecule has 0 fully saturated rings. The first kappa shape index (κ1) is 27.4. The summed E-state index contributed by atoms with van der Waals surface area (Å²) in [6.45, 7) is 1.19. The topological polar surface area (TPSA) is 133 Å². The van der Waals surface area contributed by atoms with Gasteiger partial charge in [-0.2, -0.15) is 0 Å². The summed E-state index contributed by atoms with van der Waals surface area (Å²) >= 11 is 0. The van der Waals surface area contributed by atoms with Crippen LogP contribution in [-0.4, -0.2) is 39.6 Å².